The lowest BCUT2D eigenvalue weighted by Crippen LogP contribution is -2.47. The molecule has 1 spiro atoms. The molecule has 0 radical (unpaired) electrons. The largest absolute Gasteiger partial charge is 0.325 e. The molecule has 6 nitrogen and oxygen atoms in total. The number of hydrogen-bond acceptors (Lipinski definition) is 3. The van der Waals surface area contributed by atoms with E-state index in [1.165, 1.54) is 0 Å². The highest BCUT2D eigenvalue weighted by Gasteiger charge is 2.54. The molecule has 2 aromatic rings. The maximum absolute atomic E-state index is 13.3. The Hall–Kier alpha value is -3.15. The fourth-order valence-corrected chi connectivity index (χ4v) is 4.48. The number of amides is 4. The van der Waals surface area contributed by atoms with Crippen LogP contribution in [0.1, 0.15) is 42.0 Å². The van der Waals surface area contributed by atoms with Crippen LogP contribution in [-0.2, 0) is 28.0 Å². The van der Waals surface area contributed by atoms with Crippen LogP contribution in [0.15, 0.2) is 42.5 Å². The van der Waals surface area contributed by atoms with Crippen molar-refractivity contribution in [1.29, 1.82) is 0 Å². The lowest BCUT2D eigenvalue weighted by Gasteiger charge is -2.33. The van der Waals surface area contributed by atoms with Gasteiger partial charge in [-0.05, 0) is 54.9 Å². The number of hydrogen-bond donors (Lipinski definition) is 2. The Morgan fingerprint density at radius 3 is 2.76 bits per heavy atom. The summed E-state index contributed by atoms with van der Waals surface area (Å²) >= 11 is 0. The number of carbonyl (C=O) groups is 3. The zero-order valence-corrected chi connectivity index (χ0v) is 16.7. The zero-order chi connectivity index (χ0) is 20.6. The number of nitrogens with one attached hydrogen (secondary N) is 2. The number of benzene rings is 2. The Labute approximate surface area is 170 Å². The number of imide groups is 1. The van der Waals surface area contributed by atoms with Crippen molar-refractivity contribution in [3.8, 4) is 0 Å². The molecule has 150 valence electrons. The summed E-state index contributed by atoms with van der Waals surface area (Å²) in [6.45, 7) is 3.65. The Kier molecular flexibility index (Phi) is 4.86. The van der Waals surface area contributed by atoms with Crippen LogP contribution in [-0.4, -0.2) is 29.3 Å². The summed E-state index contributed by atoms with van der Waals surface area (Å²) in [6.07, 6.45) is 3.02. The Morgan fingerprint density at radius 1 is 1.17 bits per heavy atom. The minimum atomic E-state index is -1.05. The molecule has 2 N–H and O–H groups in total. The van der Waals surface area contributed by atoms with E-state index in [4.69, 9.17) is 0 Å². The van der Waals surface area contributed by atoms with Crippen molar-refractivity contribution >= 4 is 23.5 Å². The molecule has 0 bridgehead atoms. The van der Waals surface area contributed by atoms with E-state index in [1.54, 1.807) is 0 Å². The molecule has 1 saturated heterocycles. The third-order valence-corrected chi connectivity index (χ3v) is 5.96. The van der Waals surface area contributed by atoms with Crippen LogP contribution in [0.4, 0.5) is 10.5 Å². The molecule has 1 atom stereocenters. The first-order valence-electron chi connectivity index (χ1n) is 10.1. The number of fused-ring (bicyclic) bond motifs is 2. The molecule has 29 heavy (non-hydrogen) atoms. The number of urea groups is 1. The number of nitrogens with zero attached hydrogens (tertiary/aromatic N) is 1. The lowest BCUT2D eigenvalue weighted by molar-refractivity contribution is -0.134. The van der Waals surface area contributed by atoms with Crippen molar-refractivity contribution in [2.24, 2.45) is 0 Å². The molecule has 4 amide bonds. The van der Waals surface area contributed by atoms with Gasteiger partial charge in [0, 0.05) is 5.69 Å². The number of carbonyl (C=O) groups excluding carboxylic acids is 3. The van der Waals surface area contributed by atoms with Gasteiger partial charge < -0.3 is 10.6 Å². The minimum Gasteiger partial charge on any atom is -0.324 e. The molecule has 2 aromatic carbocycles. The van der Waals surface area contributed by atoms with E-state index in [9.17, 15) is 14.4 Å². The van der Waals surface area contributed by atoms with Gasteiger partial charge in [0.1, 0.15) is 12.1 Å². The number of rotatable bonds is 4. The molecule has 1 aliphatic carbocycles. The van der Waals surface area contributed by atoms with E-state index in [0.717, 1.165) is 52.1 Å². The van der Waals surface area contributed by atoms with Crippen LogP contribution in [0.5, 0.6) is 0 Å². The van der Waals surface area contributed by atoms with Crippen molar-refractivity contribution in [2.45, 2.75) is 45.1 Å². The second kappa shape index (κ2) is 7.35. The normalized spacial score (nSPS) is 20.6. The Bertz CT molecular complexity index is 1000. The van der Waals surface area contributed by atoms with Crippen molar-refractivity contribution in [2.75, 3.05) is 11.9 Å². The second-order valence-corrected chi connectivity index (χ2v) is 7.75. The van der Waals surface area contributed by atoms with Crippen molar-refractivity contribution in [3.63, 3.8) is 0 Å². The van der Waals surface area contributed by atoms with Gasteiger partial charge in [-0.25, -0.2) is 4.79 Å². The maximum atomic E-state index is 13.3. The quantitative estimate of drug-likeness (QED) is 0.785. The lowest BCUT2D eigenvalue weighted by atomic mass is 9.76. The summed E-state index contributed by atoms with van der Waals surface area (Å²) in [4.78, 5) is 39.7. The van der Waals surface area contributed by atoms with Gasteiger partial charge in [0.05, 0.1) is 0 Å². The highest BCUT2D eigenvalue weighted by molar-refractivity contribution is 6.10. The summed E-state index contributed by atoms with van der Waals surface area (Å²) in [5, 5.41) is 5.78. The van der Waals surface area contributed by atoms with E-state index in [0.29, 0.717) is 6.42 Å². The van der Waals surface area contributed by atoms with E-state index in [-0.39, 0.29) is 18.4 Å². The molecule has 1 fully saturated rings. The summed E-state index contributed by atoms with van der Waals surface area (Å²) < 4.78 is 0. The summed E-state index contributed by atoms with van der Waals surface area (Å²) in [5.41, 5.74) is 3.60. The van der Waals surface area contributed by atoms with Gasteiger partial charge >= 0.3 is 6.03 Å². The van der Waals surface area contributed by atoms with Crippen LogP contribution < -0.4 is 10.6 Å². The van der Waals surface area contributed by atoms with Crippen LogP contribution in [0.3, 0.4) is 0 Å². The fraction of sp³-hybridized carbons (Fsp3) is 0.348. The first kappa shape index (κ1) is 19.2. The SMILES string of the molecule is CCc1cccc(C)c1NC(=O)CN1C(=O)N[C@]2(CCCc3ccccc32)C1=O. The molecular weight excluding hydrogens is 366 g/mol. The number of para-hydroxylation sites is 1. The predicted molar refractivity (Wildman–Crippen MR) is 110 cm³/mol. The molecule has 1 heterocycles. The first-order chi connectivity index (χ1) is 14.0. The van der Waals surface area contributed by atoms with Crippen LogP contribution in [0.25, 0.3) is 0 Å². The van der Waals surface area contributed by atoms with Crippen LogP contribution in [0, 0.1) is 6.92 Å². The summed E-state index contributed by atoms with van der Waals surface area (Å²) in [7, 11) is 0. The monoisotopic (exact) mass is 391 g/mol. The zero-order valence-electron chi connectivity index (χ0n) is 16.7. The molecular formula is C23H25N3O3. The Morgan fingerprint density at radius 2 is 1.97 bits per heavy atom. The maximum Gasteiger partial charge on any atom is 0.325 e. The average Bonchev–Trinajstić information content (AvgIpc) is 2.94. The number of anilines is 1. The van der Waals surface area contributed by atoms with E-state index >= 15 is 0 Å². The van der Waals surface area contributed by atoms with Crippen LogP contribution in [0.2, 0.25) is 0 Å². The molecule has 4 rings (SSSR count). The van der Waals surface area contributed by atoms with Gasteiger partial charge in [0.2, 0.25) is 5.91 Å². The molecule has 1 aliphatic heterocycles. The molecule has 2 aliphatic rings. The molecule has 6 heteroatoms. The third kappa shape index (κ3) is 3.18. The van der Waals surface area contributed by atoms with Gasteiger partial charge in [0.25, 0.3) is 5.91 Å². The van der Waals surface area contributed by atoms with Gasteiger partial charge in [-0.1, -0.05) is 49.4 Å². The standard InChI is InChI=1S/C23H25N3O3/c1-3-16-10-6-8-15(2)20(16)24-19(27)14-26-21(28)23(25-22(26)29)13-7-11-17-9-4-5-12-18(17)23/h4-6,8-10,12H,3,7,11,13-14H2,1-2H3,(H,24,27)(H,25,29)/t23-/m0/s1. The fourth-order valence-electron chi connectivity index (χ4n) is 4.48. The van der Waals surface area contributed by atoms with Crippen molar-refractivity contribution < 1.29 is 14.4 Å². The van der Waals surface area contributed by atoms with E-state index in [1.807, 2.05) is 56.3 Å². The topological polar surface area (TPSA) is 78.5 Å². The van der Waals surface area contributed by atoms with E-state index in [2.05, 4.69) is 10.6 Å². The van der Waals surface area contributed by atoms with Gasteiger partial charge in [-0.3, -0.25) is 14.5 Å². The van der Waals surface area contributed by atoms with Crippen molar-refractivity contribution in [3.05, 3.63) is 64.7 Å². The number of aryl methyl sites for hydroxylation is 3. The van der Waals surface area contributed by atoms with Gasteiger partial charge in [0.15, 0.2) is 0 Å². The predicted octanol–water partition coefficient (Wildman–Crippen LogP) is 3.28. The van der Waals surface area contributed by atoms with Crippen LogP contribution >= 0.6 is 0 Å². The molecule has 0 unspecified atom stereocenters. The Balaban J connectivity index is 1.56. The second-order valence-electron chi connectivity index (χ2n) is 7.75. The molecule has 0 aromatic heterocycles. The highest BCUT2D eigenvalue weighted by Crippen LogP contribution is 2.39. The van der Waals surface area contributed by atoms with Gasteiger partial charge in [-0.2, -0.15) is 0 Å². The summed E-state index contributed by atoms with van der Waals surface area (Å²) in [5.74, 6) is -0.719. The molecule has 0 saturated carbocycles. The third-order valence-electron chi connectivity index (χ3n) is 5.96. The van der Waals surface area contributed by atoms with Gasteiger partial charge in [-0.15, -0.1) is 0 Å². The minimum absolute atomic E-state index is 0.300. The van der Waals surface area contributed by atoms with Crippen molar-refractivity contribution in [1.82, 2.24) is 10.2 Å². The smallest absolute Gasteiger partial charge is 0.324 e. The highest BCUT2D eigenvalue weighted by atomic mass is 16.2. The summed E-state index contributed by atoms with van der Waals surface area (Å²) in [6, 6.07) is 13.0. The first-order valence-corrected chi connectivity index (χ1v) is 10.1. The van der Waals surface area contributed by atoms with E-state index < -0.39 is 11.6 Å². The average molecular weight is 391 g/mol.